The van der Waals surface area contributed by atoms with Crippen LogP contribution in [-0.2, 0) is 34.0 Å². The molecule has 0 radical (unpaired) electrons. The van der Waals surface area contributed by atoms with Crippen molar-refractivity contribution in [1.29, 1.82) is 0 Å². The van der Waals surface area contributed by atoms with Crippen LogP contribution in [0.25, 0.3) is 11.0 Å². The van der Waals surface area contributed by atoms with E-state index in [1.54, 1.807) is 22.7 Å². The van der Waals surface area contributed by atoms with E-state index in [0.717, 1.165) is 0 Å². The number of nitrogens with one attached hydrogen (secondary N) is 1. The first-order chi connectivity index (χ1) is 14.1. The minimum atomic E-state index is -0.508. The number of carbonyl (C=O) groups excluding carboxylic acids is 1. The Balaban J connectivity index is 0.00000256. The van der Waals surface area contributed by atoms with Crippen molar-refractivity contribution in [2.45, 2.75) is 19.9 Å². The van der Waals surface area contributed by atoms with Gasteiger partial charge in [-0.3, -0.25) is 9.20 Å². The number of hydrogen-bond acceptors (Lipinski definition) is 5. The molecular formula is C19H18ClFN7OPt-. The summed E-state index contributed by atoms with van der Waals surface area (Å²) >= 11 is 6.07. The van der Waals surface area contributed by atoms with Crippen molar-refractivity contribution in [3.05, 3.63) is 63.7 Å². The number of pyridine rings is 2. The van der Waals surface area contributed by atoms with E-state index < -0.39 is 5.82 Å². The number of halogens is 2. The summed E-state index contributed by atoms with van der Waals surface area (Å²) in [6.07, 6.45) is 5.15. The van der Waals surface area contributed by atoms with Crippen LogP contribution in [0.1, 0.15) is 28.7 Å². The summed E-state index contributed by atoms with van der Waals surface area (Å²) < 4.78 is 16.1. The zero-order chi connectivity index (χ0) is 20.4. The Hall–Kier alpha value is -2.51. The monoisotopic (exact) mass is 609 g/mol. The molecule has 0 saturated heterocycles. The number of hydrogen-bond donors (Lipinski definition) is 1. The van der Waals surface area contributed by atoms with E-state index >= 15 is 0 Å². The summed E-state index contributed by atoms with van der Waals surface area (Å²) in [5, 5.41) is 12.7. The number of amides is 1. The quantitative estimate of drug-likeness (QED) is 0.482. The summed E-state index contributed by atoms with van der Waals surface area (Å²) in [7, 11) is 0. The topological polar surface area (TPSA) is 89.0 Å². The molecule has 0 saturated carbocycles. The normalized spacial score (nSPS) is 13.1. The van der Waals surface area contributed by atoms with Crippen molar-refractivity contribution >= 4 is 35.3 Å². The SMILES string of the molecule is CCc1nc2ccc(Cl)cn2c1C(=O)NCc1cnc(N2CC[N-]C=N2)c(F)c1.[Pt]. The Labute approximate surface area is 191 Å². The van der Waals surface area contributed by atoms with Crippen molar-refractivity contribution in [2.75, 3.05) is 18.1 Å². The van der Waals surface area contributed by atoms with Crippen LogP contribution in [0.4, 0.5) is 10.2 Å². The van der Waals surface area contributed by atoms with Gasteiger partial charge >= 0.3 is 0 Å². The number of hydrazone groups is 1. The molecule has 0 aliphatic carbocycles. The largest absolute Gasteiger partial charge is 0.469 e. The number of fused-ring (bicyclic) bond motifs is 1. The molecule has 1 aliphatic heterocycles. The van der Waals surface area contributed by atoms with E-state index in [1.165, 1.54) is 23.6 Å². The standard InChI is InChI=1S/C19H19ClFN7O.Pt/c1-2-15-17(27-10-13(20)3-4-16(27)26-15)19(29)24-9-12-7-14(21)18(23-8-12)28-6-5-22-11-25-28;/h3-4,7-8,10-11H,2,5-6,9H2,1H3,(H2,22,24,25,29);/p-1. The molecule has 4 heterocycles. The molecule has 0 spiro atoms. The predicted octanol–water partition coefficient (Wildman–Crippen LogP) is 3.15. The van der Waals surface area contributed by atoms with Crippen LogP contribution < -0.4 is 10.3 Å². The zero-order valence-corrected chi connectivity index (χ0v) is 19.0. The van der Waals surface area contributed by atoms with Gasteiger partial charge < -0.3 is 20.7 Å². The number of aromatic nitrogens is 3. The number of aryl methyl sites for hydroxylation is 1. The van der Waals surface area contributed by atoms with E-state index in [2.05, 4.69) is 25.7 Å². The second-order valence-electron chi connectivity index (χ2n) is 6.43. The fourth-order valence-corrected chi connectivity index (χ4v) is 3.27. The molecule has 0 aromatic carbocycles. The molecule has 8 nitrogen and oxygen atoms in total. The second-order valence-corrected chi connectivity index (χ2v) is 6.86. The molecule has 4 rings (SSSR count). The molecule has 11 heteroatoms. The number of rotatable bonds is 5. The summed E-state index contributed by atoms with van der Waals surface area (Å²) in [5.74, 6) is -0.689. The number of anilines is 1. The predicted molar refractivity (Wildman–Crippen MR) is 109 cm³/mol. The van der Waals surface area contributed by atoms with E-state index in [9.17, 15) is 9.18 Å². The van der Waals surface area contributed by atoms with Gasteiger partial charge in [-0.25, -0.2) is 14.4 Å². The molecule has 0 atom stereocenters. The fraction of sp³-hybridized carbons (Fsp3) is 0.263. The van der Waals surface area contributed by atoms with E-state index in [4.69, 9.17) is 11.6 Å². The molecule has 30 heavy (non-hydrogen) atoms. The Bertz CT molecular complexity index is 1100. The van der Waals surface area contributed by atoms with Gasteiger partial charge in [0.25, 0.3) is 5.91 Å². The molecule has 0 unspecified atom stereocenters. The van der Waals surface area contributed by atoms with Crippen molar-refractivity contribution in [1.82, 2.24) is 19.7 Å². The minimum absolute atomic E-state index is 0. The summed E-state index contributed by atoms with van der Waals surface area (Å²) in [6.45, 7) is 3.05. The third kappa shape index (κ3) is 4.47. The summed E-state index contributed by atoms with van der Waals surface area (Å²) in [4.78, 5) is 21.4. The average molecular weight is 610 g/mol. The first-order valence-electron chi connectivity index (χ1n) is 9.12. The second kappa shape index (κ2) is 9.53. The summed E-state index contributed by atoms with van der Waals surface area (Å²) in [5.41, 5.74) is 2.26. The van der Waals surface area contributed by atoms with Crippen LogP contribution in [0.5, 0.6) is 0 Å². The Morgan fingerprint density at radius 1 is 1.40 bits per heavy atom. The molecular weight excluding hydrogens is 592 g/mol. The average Bonchev–Trinajstić information content (AvgIpc) is 3.10. The Kier molecular flexibility index (Phi) is 7.05. The Morgan fingerprint density at radius 2 is 2.23 bits per heavy atom. The molecule has 3 aromatic rings. The van der Waals surface area contributed by atoms with Gasteiger partial charge in [0.05, 0.1) is 10.7 Å². The first kappa shape index (κ1) is 22.2. The molecule has 1 N–H and O–H groups in total. The number of nitrogens with zero attached hydrogens (tertiary/aromatic N) is 6. The van der Waals surface area contributed by atoms with Gasteiger partial charge in [-0.15, -0.1) is 0 Å². The van der Waals surface area contributed by atoms with Gasteiger partial charge in [0.1, 0.15) is 11.3 Å². The van der Waals surface area contributed by atoms with Gasteiger partial charge in [-0.05, 0) is 36.7 Å². The maximum atomic E-state index is 14.5. The Morgan fingerprint density at radius 3 is 2.93 bits per heavy atom. The third-order valence-corrected chi connectivity index (χ3v) is 4.72. The molecule has 160 valence electrons. The molecule has 0 fully saturated rings. The van der Waals surface area contributed by atoms with Crippen molar-refractivity contribution in [2.24, 2.45) is 5.10 Å². The number of carbonyl (C=O) groups is 1. The van der Waals surface area contributed by atoms with E-state index in [1.807, 2.05) is 6.92 Å². The maximum absolute atomic E-state index is 14.5. The van der Waals surface area contributed by atoms with Crippen molar-refractivity contribution in [3.63, 3.8) is 0 Å². The van der Waals surface area contributed by atoms with Crippen LogP contribution in [0.15, 0.2) is 35.7 Å². The van der Waals surface area contributed by atoms with E-state index in [-0.39, 0.29) is 39.3 Å². The molecule has 3 aromatic heterocycles. The van der Waals surface area contributed by atoms with Crippen LogP contribution in [-0.4, -0.2) is 39.7 Å². The van der Waals surface area contributed by atoms with Crippen LogP contribution in [0.3, 0.4) is 0 Å². The smallest absolute Gasteiger partial charge is 0.270 e. The molecule has 1 amide bonds. The molecule has 1 aliphatic rings. The van der Waals surface area contributed by atoms with Gasteiger partial charge in [0.2, 0.25) is 0 Å². The third-order valence-electron chi connectivity index (χ3n) is 4.49. The van der Waals surface area contributed by atoms with Crippen LogP contribution in [0, 0.1) is 5.82 Å². The molecule has 0 bridgehead atoms. The van der Waals surface area contributed by atoms with Crippen LogP contribution in [0.2, 0.25) is 5.02 Å². The van der Waals surface area contributed by atoms with Crippen molar-refractivity contribution in [3.8, 4) is 0 Å². The number of imidazole rings is 1. The van der Waals surface area contributed by atoms with Crippen molar-refractivity contribution < 1.29 is 30.3 Å². The van der Waals surface area contributed by atoms with E-state index in [0.29, 0.717) is 47.1 Å². The van der Waals surface area contributed by atoms with Gasteiger partial charge in [0.15, 0.2) is 11.6 Å². The zero-order valence-electron chi connectivity index (χ0n) is 16.0. The first-order valence-corrected chi connectivity index (χ1v) is 9.50. The van der Waals surface area contributed by atoms with Gasteiger partial charge in [-0.1, -0.05) is 24.9 Å². The van der Waals surface area contributed by atoms with Crippen LogP contribution >= 0.6 is 11.6 Å². The maximum Gasteiger partial charge on any atom is 0.270 e. The minimum Gasteiger partial charge on any atom is -0.469 e. The summed E-state index contributed by atoms with van der Waals surface area (Å²) in [6, 6.07) is 4.82. The fourth-order valence-electron chi connectivity index (χ4n) is 3.10. The van der Waals surface area contributed by atoms with Gasteiger partial charge in [-0.2, -0.15) is 0 Å². The van der Waals surface area contributed by atoms with Gasteiger partial charge in [0, 0.05) is 46.5 Å².